The van der Waals surface area contributed by atoms with Gasteiger partial charge in [0, 0.05) is 5.54 Å². The molecule has 1 N–H and O–H groups in total. The molecular formula is C16H30N2O. The maximum Gasteiger partial charge on any atom is 0.120 e. The Kier molecular flexibility index (Phi) is 6.08. The summed E-state index contributed by atoms with van der Waals surface area (Å²) in [5.41, 5.74) is 1.46. The van der Waals surface area contributed by atoms with Crippen LogP contribution in [-0.2, 0) is 13.1 Å². The zero-order valence-electron chi connectivity index (χ0n) is 13.5. The van der Waals surface area contributed by atoms with Gasteiger partial charge in [-0.1, -0.05) is 13.8 Å². The molecule has 3 nitrogen and oxygen atoms in total. The van der Waals surface area contributed by atoms with Crippen LogP contribution in [0.25, 0.3) is 0 Å². The predicted molar refractivity (Wildman–Crippen MR) is 81.3 cm³/mol. The Morgan fingerprint density at radius 2 is 2.00 bits per heavy atom. The molecule has 0 spiro atoms. The number of furan rings is 1. The van der Waals surface area contributed by atoms with E-state index in [-0.39, 0.29) is 5.54 Å². The molecular weight excluding hydrogens is 236 g/mol. The van der Waals surface area contributed by atoms with Crippen LogP contribution in [0.4, 0.5) is 0 Å². The number of rotatable bonds is 8. The van der Waals surface area contributed by atoms with E-state index in [1.807, 2.05) is 0 Å². The lowest BCUT2D eigenvalue weighted by molar-refractivity contribution is 0.132. The highest BCUT2D eigenvalue weighted by Gasteiger charge is 2.22. The van der Waals surface area contributed by atoms with Gasteiger partial charge in [0.2, 0.25) is 0 Å². The molecule has 0 saturated carbocycles. The molecule has 1 aromatic heterocycles. The van der Waals surface area contributed by atoms with E-state index in [4.69, 9.17) is 4.42 Å². The molecule has 1 heterocycles. The molecule has 0 atom stereocenters. The van der Waals surface area contributed by atoms with Crippen LogP contribution in [0.15, 0.2) is 10.5 Å². The first kappa shape index (κ1) is 16.3. The lowest BCUT2D eigenvalue weighted by atomic mass is 10.00. The van der Waals surface area contributed by atoms with Crippen molar-refractivity contribution in [1.82, 2.24) is 10.2 Å². The van der Waals surface area contributed by atoms with Crippen molar-refractivity contribution in [2.24, 2.45) is 0 Å². The minimum atomic E-state index is 0.210. The zero-order chi connectivity index (χ0) is 14.5. The summed E-state index contributed by atoms with van der Waals surface area (Å²) >= 11 is 0. The second-order valence-corrected chi connectivity index (χ2v) is 6.02. The highest BCUT2D eigenvalue weighted by atomic mass is 16.3. The summed E-state index contributed by atoms with van der Waals surface area (Å²) in [6, 6.07) is 2.17. The summed E-state index contributed by atoms with van der Waals surface area (Å²) in [6.07, 6.45) is 2.29. The number of nitrogens with one attached hydrogen (secondary N) is 1. The molecule has 19 heavy (non-hydrogen) atoms. The predicted octanol–water partition coefficient (Wildman–Crippen LogP) is 3.71. The Morgan fingerprint density at radius 1 is 1.32 bits per heavy atom. The van der Waals surface area contributed by atoms with Crippen molar-refractivity contribution in [1.29, 1.82) is 0 Å². The van der Waals surface area contributed by atoms with Crippen molar-refractivity contribution in [3.05, 3.63) is 23.2 Å². The van der Waals surface area contributed by atoms with Gasteiger partial charge in [0.25, 0.3) is 0 Å². The third-order valence-corrected chi connectivity index (χ3v) is 4.08. The lowest BCUT2D eigenvalue weighted by Crippen LogP contribution is -2.39. The van der Waals surface area contributed by atoms with Crippen molar-refractivity contribution in [3.63, 3.8) is 0 Å². The molecule has 0 amide bonds. The molecule has 0 aliphatic rings. The Morgan fingerprint density at radius 3 is 2.58 bits per heavy atom. The quantitative estimate of drug-likeness (QED) is 0.727. The van der Waals surface area contributed by atoms with E-state index in [0.29, 0.717) is 0 Å². The van der Waals surface area contributed by atoms with E-state index >= 15 is 0 Å². The van der Waals surface area contributed by atoms with Gasteiger partial charge < -0.3 is 9.73 Å². The van der Waals surface area contributed by atoms with Gasteiger partial charge >= 0.3 is 0 Å². The van der Waals surface area contributed by atoms with Crippen LogP contribution in [-0.4, -0.2) is 24.0 Å². The summed E-state index contributed by atoms with van der Waals surface area (Å²) in [5, 5.41) is 3.39. The average Bonchev–Trinajstić information content (AvgIpc) is 2.70. The fraction of sp³-hybridized carbons (Fsp3) is 0.750. The second kappa shape index (κ2) is 7.11. The van der Waals surface area contributed by atoms with E-state index in [9.17, 15) is 0 Å². The van der Waals surface area contributed by atoms with E-state index in [0.717, 1.165) is 44.0 Å². The first-order chi connectivity index (χ1) is 8.90. The third-order valence-electron chi connectivity index (χ3n) is 4.08. The van der Waals surface area contributed by atoms with Gasteiger partial charge in [-0.15, -0.1) is 0 Å². The smallest absolute Gasteiger partial charge is 0.120 e. The molecule has 1 rings (SSSR count). The van der Waals surface area contributed by atoms with Crippen molar-refractivity contribution in [2.75, 3.05) is 13.6 Å². The van der Waals surface area contributed by atoms with Gasteiger partial charge in [-0.05, 0) is 58.8 Å². The minimum Gasteiger partial charge on any atom is -0.463 e. The van der Waals surface area contributed by atoms with Gasteiger partial charge in [-0.3, -0.25) is 4.90 Å². The van der Waals surface area contributed by atoms with Crippen LogP contribution in [0.1, 0.15) is 57.6 Å². The van der Waals surface area contributed by atoms with Gasteiger partial charge in [0.1, 0.15) is 11.5 Å². The molecule has 0 aliphatic heterocycles. The lowest BCUT2D eigenvalue weighted by Gasteiger charge is -2.34. The van der Waals surface area contributed by atoms with Crippen molar-refractivity contribution in [2.45, 2.75) is 66.1 Å². The van der Waals surface area contributed by atoms with E-state index in [2.05, 4.69) is 57.9 Å². The molecule has 0 fully saturated rings. The topological polar surface area (TPSA) is 28.4 Å². The summed E-state index contributed by atoms with van der Waals surface area (Å²) in [4.78, 5) is 2.36. The van der Waals surface area contributed by atoms with Crippen LogP contribution in [0.3, 0.4) is 0 Å². The highest BCUT2D eigenvalue weighted by Crippen LogP contribution is 2.22. The van der Waals surface area contributed by atoms with Crippen molar-refractivity contribution >= 4 is 0 Å². The molecule has 1 aromatic rings. The first-order valence-corrected chi connectivity index (χ1v) is 7.40. The van der Waals surface area contributed by atoms with Crippen LogP contribution in [0.2, 0.25) is 0 Å². The Hall–Kier alpha value is -0.800. The molecule has 0 saturated heterocycles. The fourth-order valence-corrected chi connectivity index (χ4v) is 1.94. The SMILES string of the molecule is CCCNCc1oc(CN(C)C(C)(C)CC)cc1C. The summed E-state index contributed by atoms with van der Waals surface area (Å²) in [5.74, 6) is 2.14. The monoisotopic (exact) mass is 266 g/mol. The largest absolute Gasteiger partial charge is 0.463 e. The van der Waals surface area contributed by atoms with Gasteiger partial charge in [0.05, 0.1) is 13.1 Å². The summed E-state index contributed by atoms with van der Waals surface area (Å²) < 4.78 is 5.97. The van der Waals surface area contributed by atoms with E-state index < -0.39 is 0 Å². The Labute approximate surface area is 118 Å². The summed E-state index contributed by atoms with van der Waals surface area (Å²) in [7, 11) is 2.16. The number of hydrogen-bond acceptors (Lipinski definition) is 3. The molecule has 0 radical (unpaired) electrons. The Bertz CT molecular complexity index is 382. The number of aryl methyl sites for hydroxylation is 1. The van der Waals surface area contributed by atoms with Crippen LogP contribution >= 0.6 is 0 Å². The van der Waals surface area contributed by atoms with Crippen molar-refractivity contribution in [3.8, 4) is 0 Å². The molecule has 0 aromatic carbocycles. The number of hydrogen-bond donors (Lipinski definition) is 1. The number of nitrogens with zero attached hydrogens (tertiary/aromatic N) is 1. The first-order valence-electron chi connectivity index (χ1n) is 7.40. The zero-order valence-corrected chi connectivity index (χ0v) is 13.5. The normalized spacial score (nSPS) is 12.4. The highest BCUT2D eigenvalue weighted by molar-refractivity contribution is 5.20. The maximum absolute atomic E-state index is 5.97. The maximum atomic E-state index is 5.97. The molecule has 0 aliphatic carbocycles. The van der Waals surface area contributed by atoms with E-state index in [1.165, 1.54) is 5.56 Å². The molecule has 3 heteroatoms. The van der Waals surface area contributed by atoms with Gasteiger partial charge in [-0.25, -0.2) is 0 Å². The van der Waals surface area contributed by atoms with Crippen molar-refractivity contribution < 1.29 is 4.42 Å². The minimum absolute atomic E-state index is 0.210. The third kappa shape index (κ3) is 4.66. The van der Waals surface area contributed by atoms with Crippen LogP contribution < -0.4 is 5.32 Å². The van der Waals surface area contributed by atoms with Crippen LogP contribution in [0.5, 0.6) is 0 Å². The standard InChI is InChI=1S/C16H30N2O/c1-7-9-17-11-15-13(3)10-14(19-15)12-18(6)16(4,5)8-2/h10,17H,7-9,11-12H2,1-6H3. The average molecular weight is 266 g/mol. The fourth-order valence-electron chi connectivity index (χ4n) is 1.94. The molecule has 110 valence electrons. The van der Waals surface area contributed by atoms with Gasteiger partial charge in [0.15, 0.2) is 0 Å². The van der Waals surface area contributed by atoms with Crippen LogP contribution in [0, 0.1) is 6.92 Å². The van der Waals surface area contributed by atoms with E-state index in [1.54, 1.807) is 0 Å². The summed E-state index contributed by atoms with van der Waals surface area (Å²) in [6.45, 7) is 13.8. The molecule has 0 unspecified atom stereocenters. The van der Waals surface area contributed by atoms with Gasteiger partial charge in [-0.2, -0.15) is 0 Å². The molecule has 0 bridgehead atoms. The second-order valence-electron chi connectivity index (χ2n) is 6.02. The Balaban J connectivity index is 2.63.